The van der Waals surface area contributed by atoms with Crippen LogP contribution in [0.15, 0.2) is 36.4 Å². The number of Topliss-reactive ketones (excluding diaryl/α,β-unsaturated/α-hetero) is 1. The molecule has 1 aromatic carbocycles. The Morgan fingerprint density at radius 3 is 1.73 bits per heavy atom. The predicted molar refractivity (Wildman–Crippen MR) is 62.8 cm³/mol. The van der Waals surface area contributed by atoms with Gasteiger partial charge in [0.2, 0.25) is 0 Å². The third kappa shape index (κ3) is 5.33. The smallest absolute Gasteiger partial charge is 0.135 e. The van der Waals surface area contributed by atoms with Gasteiger partial charge in [-0.05, 0) is 6.54 Å². The summed E-state index contributed by atoms with van der Waals surface area (Å²) in [6, 6.07) is 12.0. The van der Waals surface area contributed by atoms with Gasteiger partial charge in [-0.25, -0.2) is 0 Å². The number of hydrogen-bond acceptors (Lipinski definition) is 2. The third-order valence-electron chi connectivity index (χ3n) is 2.53. The molecule has 0 saturated carbocycles. The lowest BCUT2D eigenvalue weighted by Crippen LogP contribution is -2.33. The first-order valence-electron chi connectivity index (χ1n) is 5.57. The molecule has 0 spiro atoms. The zero-order valence-corrected chi connectivity index (χ0v) is 9.36. The van der Waals surface area contributed by atoms with Crippen LogP contribution in [-0.2, 0) is 4.79 Å². The molecule has 0 aliphatic carbocycles. The Morgan fingerprint density at radius 1 is 1.00 bits per heavy atom. The molecular weight excluding hydrogens is 186 g/mol. The second-order valence-corrected chi connectivity index (χ2v) is 3.63. The highest BCUT2D eigenvalue weighted by Gasteiger charge is 2.13. The second-order valence-electron chi connectivity index (χ2n) is 3.63. The van der Waals surface area contributed by atoms with Gasteiger partial charge in [-0.1, -0.05) is 43.3 Å². The number of likely N-dealkylation sites (tertiary alicyclic amines) is 1. The first-order chi connectivity index (χ1) is 7.33. The van der Waals surface area contributed by atoms with E-state index in [9.17, 15) is 4.79 Å². The first-order valence-corrected chi connectivity index (χ1v) is 5.57. The van der Waals surface area contributed by atoms with Crippen LogP contribution >= 0.6 is 0 Å². The molecule has 1 aromatic rings. The van der Waals surface area contributed by atoms with Crippen LogP contribution in [0.5, 0.6) is 0 Å². The van der Waals surface area contributed by atoms with Crippen molar-refractivity contribution in [1.29, 1.82) is 0 Å². The molecule has 2 nitrogen and oxygen atoms in total. The van der Waals surface area contributed by atoms with Gasteiger partial charge >= 0.3 is 0 Å². The molecule has 0 bridgehead atoms. The number of carbonyl (C=O) groups excluding carboxylic acids is 1. The van der Waals surface area contributed by atoms with Crippen molar-refractivity contribution in [2.75, 3.05) is 19.6 Å². The molecule has 1 heterocycles. The van der Waals surface area contributed by atoms with Crippen molar-refractivity contribution in [3.63, 3.8) is 0 Å². The van der Waals surface area contributed by atoms with E-state index in [1.54, 1.807) is 0 Å². The number of ketones is 1. The SMILES string of the molecule is CCN1CCC(=O)CC1.c1ccccc1. The van der Waals surface area contributed by atoms with Crippen LogP contribution in [0.3, 0.4) is 0 Å². The molecule has 1 aliphatic heterocycles. The summed E-state index contributed by atoms with van der Waals surface area (Å²) in [5.41, 5.74) is 0. The summed E-state index contributed by atoms with van der Waals surface area (Å²) in [7, 11) is 0. The summed E-state index contributed by atoms with van der Waals surface area (Å²) in [5.74, 6) is 0.430. The monoisotopic (exact) mass is 205 g/mol. The van der Waals surface area contributed by atoms with Gasteiger partial charge in [0, 0.05) is 25.9 Å². The maximum Gasteiger partial charge on any atom is 0.135 e. The highest BCUT2D eigenvalue weighted by atomic mass is 16.1. The molecule has 0 radical (unpaired) electrons. The van der Waals surface area contributed by atoms with Crippen LogP contribution < -0.4 is 0 Å². The van der Waals surface area contributed by atoms with Crippen LogP contribution in [0.25, 0.3) is 0 Å². The molecular formula is C13H19NO. The van der Waals surface area contributed by atoms with Crippen LogP contribution in [0, 0.1) is 0 Å². The van der Waals surface area contributed by atoms with Gasteiger partial charge in [-0.15, -0.1) is 0 Å². The lowest BCUT2D eigenvalue weighted by atomic mass is 10.1. The van der Waals surface area contributed by atoms with E-state index in [0.29, 0.717) is 5.78 Å². The van der Waals surface area contributed by atoms with E-state index >= 15 is 0 Å². The lowest BCUT2D eigenvalue weighted by molar-refractivity contribution is -0.121. The molecule has 82 valence electrons. The van der Waals surface area contributed by atoms with E-state index in [4.69, 9.17) is 0 Å². The number of nitrogens with zero attached hydrogens (tertiary/aromatic N) is 1. The topological polar surface area (TPSA) is 20.3 Å². The van der Waals surface area contributed by atoms with Crippen molar-refractivity contribution in [3.8, 4) is 0 Å². The number of benzene rings is 1. The Bertz CT molecular complexity index is 234. The molecule has 1 saturated heterocycles. The lowest BCUT2D eigenvalue weighted by Gasteiger charge is -2.23. The van der Waals surface area contributed by atoms with Crippen LogP contribution in [0.4, 0.5) is 0 Å². The van der Waals surface area contributed by atoms with Crippen LogP contribution in [-0.4, -0.2) is 30.3 Å². The Labute approximate surface area is 91.9 Å². The van der Waals surface area contributed by atoms with Gasteiger partial charge in [-0.3, -0.25) is 4.79 Å². The minimum atomic E-state index is 0.430. The van der Waals surface area contributed by atoms with Gasteiger partial charge in [0.25, 0.3) is 0 Å². The van der Waals surface area contributed by atoms with E-state index < -0.39 is 0 Å². The summed E-state index contributed by atoms with van der Waals surface area (Å²) in [6.07, 6.45) is 1.54. The normalized spacial score (nSPS) is 16.7. The van der Waals surface area contributed by atoms with Gasteiger partial charge in [0.1, 0.15) is 5.78 Å². The number of carbonyl (C=O) groups is 1. The maximum absolute atomic E-state index is 10.7. The Morgan fingerprint density at radius 2 is 1.40 bits per heavy atom. The van der Waals surface area contributed by atoms with Gasteiger partial charge < -0.3 is 4.90 Å². The van der Waals surface area contributed by atoms with Gasteiger partial charge in [-0.2, -0.15) is 0 Å². The number of rotatable bonds is 1. The molecule has 15 heavy (non-hydrogen) atoms. The fourth-order valence-corrected chi connectivity index (χ4v) is 1.50. The minimum Gasteiger partial charge on any atom is -0.303 e. The molecule has 0 amide bonds. The van der Waals surface area contributed by atoms with E-state index in [-0.39, 0.29) is 0 Å². The molecule has 1 fully saturated rings. The van der Waals surface area contributed by atoms with Crippen molar-refractivity contribution in [3.05, 3.63) is 36.4 Å². The predicted octanol–water partition coefficient (Wildman–Crippen LogP) is 2.36. The van der Waals surface area contributed by atoms with E-state index in [0.717, 1.165) is 32.5 Å². The van der Waals surface area contributed by atoms with E-state index in [2.05, 4.69) is 11.8 Å². The second kappa shape index (κ2) is 7.18. The summed E-state index contributed by atoms with van der Waals surface area (Å²) in [5, 5.41) is 0. The maximum atomic E-state index is 10.7. The molecule has 2 heteroatoms. The number of piperidine rings is 1. The zero-order valence-electron chi connectivity index (χ0n) is 9.36. The highest BCUT2D eigenvalue weighted by molar-refractivity contribution is 5.79. The Balaban J connectivity index is 0.000000162. The van der Waals surface area contributed by atoms with E-state index in [1.165, 1.54) is 0 Å². The number of hydrogen-bond donors (Lipinski definition) is 0. The molecule has 0 atom stereocenters. The van der Waals surface area contributed by atoms with Gasteiger partial charge in [0.05, 0.1) is 0 Å². The Kier molecular flexibility index (Phi) is 5.71. The van der Waals surface area contributed by atoms with Gasteiger partial charge in [0.15, 0.2) is 0 Å². The summed E-state index contributed by atoms with van der Waals surface area (Å²) in [4.78, 5) is 13.0. The Hall–Kier alpha value is -1.15. The highest BCUT2D eigenvalue weighted by Crippen LogP contribution is 2.03. The summed E-state index contributed by atoms with van der Waals surface area (Å²) >= 11 is 0. The van der Waals surface area contributed by atoms with Crippen LogP contribution in [0.1, 0.15) is 19.8 Å². The van der Waals surface area contributed by atoms with Crippen molar-refractivity contribution < 1.29 is 4.79 Å². The fraction of sp³-hybridized carbons (Fsp3) is 0.462. The summed E-state index contributed by atoms with van der Waals surface area (Å²) in [6.45, 7) is 5.19. The fourth-order valence-electron chi connectivity index (χ4n) is 1.50. The van der Waals surface area contributed by atoms with Crippen molar-refractivity contribution in [1.82, 2.24) is 4.90 Å². The summed E-state index contributed by atoms with van der Waals surface area (Å²) < 4.78 is 0. The average Bonchev–Trinajstić information content (AvgIpc) is 2.33. The first kappa shape index (κ1) is 11.9. The standard InChI is InChI=1S/C7H13NO.C6H6/c1-2-8-5-3-7(9)4-6-8;1-2-4-6-5-3-1/h2-6H2,1H3;1-6H. The molecule has 0 unspecified atom stereocenters. The molecule has 2 rings (SSSR count). The molecule has 0 N–H and O–H groups in total. The van der Waals surface area contributed by atoms with Crippen molar-refractivity contribution >= 4 is 5.78 Å². The van der Waals surface area contributed by atoms with Crippen molar-refractivity contribution in [2.24, 2.45) is 0 Å². The molecule has 0 aromatic heterocycles. The van der Waals surface area contributed by atoms with Crippen molar-refractivity contribution in [2.45, 2.75) is 19.8 Å². The zero-order chi connectivity index (χ0) is 10.9. The molecule has 1 aliphatic rings. The largest absolute Gasteiger partial charge is 0.303 e. The van der Waals surface area contributed by atoms with Crippen LogP contribution in [0.2, 0.25) is 0 Å². The minimum absolute atomic E-state index is 0.430. The third-order valence-corrected chi connectivity index (χ3v) is 2.53. The van der Waals surface area contributed by atoms with E-state index in [1.807, 2.05) is 36.4 Å². The average molecular weight is 205 g/mol. The quantitative estimate of drug-likeness (QED) is 0.701.